The fourth-order valence-corrected chi connectivity index (χ4v) is 2.79. The van der Waals surface area contributed by atoms with E-state index in [9.17, 15) is 4.39 Å². The van der Waals surface area contributed by atoms with E-state index in [-0.39, 0.29) is 12.4 Å². The lowest BCUT2D eigenvalue weighted by atomic mass is 10.1. The first-order valence-corrected chi connectivity index (χ1v) is 6.12. The van der Waals surface area contributed by atoms with Crippen molar-refractivity contribution in [2.24, 2.45) is 0 Å². The number of rotatable bonds is 2. The highest BCUT2D eigenvalue weighted by Gasteiger charge is 2.11. The zero-order valence-electron chi connectivity index (χ0n) is 7.26. The number of alkyl halides is 1. The molecule has 1 heterocycles. The first-order chi connectivity index (χ1) is 6.77. The Morgan fingerprint density at radius 1 is 1.36 bits per heavy atom. The Labute approximate surface area is 93.3 Å². The minimum atomic E-state index is -0.218. The van der Waals surface area contributed by atoms with Crippen LogP contribution in [0.4, 0.5) is 4.39 Å². The monoisotopic (exact) mass is 274 g/mol. The van der Waals surface area contributed by atoms with Gasteiger partial charge in [-0.1, -0.05) is 22.0 Å². The van der Waals surface area contributed by atoms with Crippen LogP contribution in [0.1, 0.15) is 11.1 Å². The molecule has 1 aromatic heterocycles. The Morgan fingerprint density at radius 2 is 2.14 bits per heavy atom. The predicted molar refractivity (Wildman–Crippen MR) is 60.3 cm³/mol. The van der Waals surface area contributed by atoms with Crippen LogP contribution in [0.5, 0.6) is 0 Å². The molecule has 1 nitrogen and oxygen atoms in total. The molecule has 0 bridgehead atoms. The van der Waals surface area contributed by atoms with Gasteiger partial charge in [0.2, 0.25) is 0 Å². The van der Waals surface area contributed by atoms with Gasteiger partial charge in [-0.2, -0.15) is 0 Å². The summed E-state index contributed by atoms with van der Waals surface area (Å²) in [6.45, 7) is -0.108. The molecular formula is C10H8BrFOS. The smallest absolute Gasteiger partial charge is 0.136 e. The molecule has 0 radical (unpaired) electrons. The number of fused-ring (bicyclic) bond motifs is 1. The second-order valence-corrected chi connectivity index (χ2v) is 4.44. The van der Waals surface area contributed by atoms with E-state index in [1.54, 1.807) is 11.4 Å². The molecule has 0 amide bonds. The van der Waals surface area contributed by atoms with Crippen molar-refractivity contribution in [3.05, 3.63) is 34.5 Å². The summed E-state index contributed by atoms with van der Waals surface area (Å²) in [4.78, 5) is 0. The molecule has 2 rings (SSSR count). The van der Waals surface area contributed by atoms with Gasteiger partial charge < -0.3 is 5.11 Å². The average molecular weight is 275 g/mol. The fraction of sp³-hybridized carbons (Fsp3) is 0.200. The molecule has 0 aliphatic heterocycles. The quantitative estimate of drug-likeness (QED) is 0.832. The Morgan fingerprint density at radius 3 is 2.79 bits per heavy atom. The summed E-state index contributed by atoms with van der Waals surface area (Å²) in [6.07, 6.45) is 0. The Hall–Kier alpha value is -0.450. The lowest BCUT2D eigenvalue weighted by Crippen LogP contribution is -1.89. The molecule has 74 valence electrons. The minimum absolute atomic E-state index is 0.108. The van der Waals surface area contributed by atoms with E-state index in [2.05, 4.69) is 15.9 Å². The van der Waals surface area contributed by atoms with Crippen LogP contribution in [0.15, 0.2) is 17.5 Å². The summed E-state index contributed by atoms with van der Waals surface area (Å²) >= 11 is 4.69. The zero-order chi connectivity index (χ0) is 10.1. The maximum Gasteiger partial charge on any atom is 0.136 e. The van der Waals surface area contributed by atoms with Crippen LogP contribution < -0.4 is 0 Å². The Bertz CT molecular complexity index is 466. The van der Waals surface area contributed by atoms with Gasteiger partial charge in [-0.05, 0) is 22.6 Å². The molecule has 0 unspecified atom stereocenters. The van der Waals surface area contributed by atoms with Crippen molar-refractivity contribution in [1.29, 1.82) is 0 Å². The van der Waals surface area contributed by atoms with Crippen LogP contribution in [0.3, 0.4) is 0 Å². The van der Waals surface area contributed by atoms with E-state index in [0.29, 0.717) is 21.8 Å². The van der Waals surface area contributed by atoms with Crippen LogP contribution in [-0.2, 0) is 11.9 Å². The van der Waals surface area contributed by atoms with Crippen LogP contribution in [0, 0.1) is 5.82 Å². The van der Waals surface area contributed by atoms with Gasteiger partial charge in [0.15, 0.2) is 0 Å². The van der Waals surface area contributed by atoms with E-state index in [1.165, 1.54) is 11.3 Å². The van der Waals surface area contributed by atoms with E-state index in [0.717, 1.165) is 4.70 Å². The molecular weight excluding hydrogens is 267 g/mol. The maximum atomic E-state index is 13.8. The highest BCUT2D eigenvalue weighted by molar-refractivity contribution is 9.08. The molecule has 0 atom stereocenters. The summed E-state index contributed by atoms with van der Waals surface area (Å²) in [7, 11) is 0. The minimum Gasteiger partial charge on any atom is -0.392 e. The third kappa shape index (κ3) is 1.47. The lowest BCUT2D eigenvalue weighted by molar-refractivity contribution is 0.283. The largest absolute Gasteiger partial charge is 0.392 e. The van der Waals surface area contributed by atoms with E-state index in [4.69, 9.17) is 5.11 Å². The molecule has 4 heteroatoms. The summed E-state index contributed by atoms with van der Waals surface area (Å²) < 4.78 is 14.7. The van der Waals surface area contributed by atoms with Crippen molar-refractivity contribution in [3.8, 4) is 0 Å². The number of thiophene rings is 1. The Kier molecular flexibility index (Phi) is 2.85. The molecule has 2 aromatic rings. The summed E-state index contributed by atoms with van der Waals surface area (Å²) in [5, 5.41) is 11.9. The van der Waals surface area contributed by atoms with Gasteiger partial charge in [0.25, 0.3) is 0 Å². The van der Waals surface area contributed by atoms with Crippen LogP contribution in [0.2, 0.25) is 0 Å². The number of hydrogen-bond acceptors (Lipinski definition) is 2. The first-order valence-electron chi connectivity index (χ1n) is 4.12. The summed E-state index contributed by atoms with van der Waals surface area (Å²) in [6, 6.07) is 3.66. The molecule has 1 N–H and O–H groups in total. The van der Waals surface area contributed by atoms with Gasteiger partial charge in [-0.3, -0.25) is 0 Å². The molecule has 0 fully saturated rings. The van der Waals surface area contributed by atoms with E-state index in [1.807, 2.05) is 6.07 Å². The maximum absolute atomic E-state index is 13.8. The summed E-state index contributed by atoms with van der Waals surface area (Å²) in [5.74, 6) is -0.218. The van der Waals surface area contributed by atoms with Crippen LogP contribution in [0.25, 0.3) is 10.1 Å². The normalized spacial score (nSPS) is 11.1. The van der Waals surface area contributed by atoms with Crippen molar-refractivity contribution in [3.63, 3.8) is 0 Å². The Balaban J connectivity index is 2.77. The number of aliphatic hydroxyl groups excluding tert-OH is 1. The van der Waals surface area contributed by atoms with Gasteiger partial charge in [0.05, 0.1) is 6.61 Å². The highest BCUT2D eigenvalue weighted by atomic mass is 79.9. The van der Waals surface area contributed by atoms with E-state index >= 15 is 0 Å². The number of aliphatic hydroxyl groups is 1. The molecule has 0 saturated heterocycles. The topological polar surface area (TPSA) is 20.2 Å². The lowest BCUT2D eigenvalue weighted by Gasteiger charge is -2.01. The van der Waals surface area contributed by atoms with Crippen molar-refractivity contribution < 1.29 is 9.50 Å². The fourth-order valence-electron chi connectivity index (χ4n) is 1.41. The van der Waals surface area contributed by atoms with Crippen LogP contribution in [-0.4, -0.2) is 5.11 Å². The van der Waals surface area contributed by atoms with Gasteiger partial charge in [0.1, 0.15) is 5.82 Å². The third-order valence-electron chi connectivity index (χ3n) is 2.15. The van der Waals surface area contributed by atoms with Crippen molar-refractivity contribution in [2.45, 2.75) is 11.9 Å². The molecule has 14 heavy (non-hydrogen) atoms. The second kappa shape index (κ2) is 3.96. The molecule has 0 saturated carbocycles. The van der Waals surface area contributed by atoms with Gasteiger partial charge in [-0.15, -0.1) is 11.3 Å². The van der Waals surface area contributed by atoms with Gasteiger partial charge in [-0.25, -0.2) is 4.39 Å². The molecule has 0 aliphatic carbocycles. The summed E-state index contributed by atoms with van der Waals surface area (Å²) in [5.41, 5.74) is 1.30. The van der Waals surface area contributed by atoms with Gasteiger partial charge in [0, 0.05) is 15.4 Å². The van der Waals surface area contributed by atoms with E-state index < -0.39 is 0 Å². The average Bonchev–Trinajstić information content (AvgIpc) is 2.62. The van der Waals surface area contributed by atoms with Gasteiger partial charge >= 0.3 is 0 Å². The van der Waals surface area contributed by atoms with Crippen molar-refractivity contribution in [2.75, 3.05) is 0 Å². The second-order valence-electron chi connectivity index (χ2n) is 2.96. The zero-order valence-corrected chi connectivity index (χ0v) is 9.66. The molecule has 0 spiro atoms. The first kappa shape index (κ1) is 10.1. The third-order valence-corrected chi connectivity index (χ3v) is 3.75. The molecule has 0 aliphatic rings. The highest BCUT2D eigenvalue weighted by Crippen LogP contribution is 2.30. The molecule has 1 aromatic carbocycles. The number of hydrogen-bond donors (Lipinski definition) is 1. The number of halogens is 2. The predicted octanol–water partition coefficient (Wildman–Crippen LogP) is 3.43. The SMILES string of the molecule is OCc1csc2ccc(CBr)c(F)c12. The van der Waals surface area contributed by atoms with Crippen molar-refractivity contribution >= 4 is 37.4 Å². The number of benzene rings is 1. The van der Waals surface area contributed by atoms with Crippen molar-refractivity contribution in [1.82, 2.24) is 0 Å². The standard InChI is InChI=1S/C10H8BrFOS/c11-3-6-1-2-8-9(10(6)12)7(4-13)5-14-8/h1-2,5,13H,3-4H2. The van der Waals surface area contributed by atoms with Crippen LogP contribution >= 0.6 is 27.3 Å².